The molecule has 0 spiro atoms. The van der Waals surface area contributed by atoms with Crippen LogP contribution in [0.1, 0.15) is 11.6 Å². The lowest BCUT2D eigenvalue weighted by Crippen LogP contribution is -2.43. The molecule has 2 unspecified atom stereocenters. The second kappa shape index (κ2) is 5.67. The summed E-state index contributed by atoms with van der Waals surface area (Å²) in [5.74, 6) is 5.74. The summed E-state index contributed by atoms with van der Waals surface area (Å²) < 4.78 is 11.2. The fraction of sp³-hybridized carbons (Fsp3) is 0.333. The van der Waals surface area contributed by atoms with Crippen LogP contribution in [0.25, 0.3) is 10.8 Å². The third kappa shape index (κ3) is 2.48. The number of rotatable bonds is 3. The summed E-state index contributed by atoms with van der Waals surface area (Å²) in [6, 6.07) is 14.5. The van der Waals surface area contributed by atoms with Crippen molar-refractivity contribution in [3.63, 3.8) is 0 Å². The molecule has 1 aliphatic rings. The highest BCUT2D eigenvalue weighted by Crippen LogP contribution is 2.28. The number of benzene rings is 2. The maximum absolute atomic E-state index is 5.77. The Balaban J connectivity index is 2.00. The molecule has 3 rings (SSSR count). The number of nitrogens with one attached hydrogen (secondary N) is 1. The maximum Gasteiger partial charge on any atom is 0.102 e. The second-order valence-corrected chi connectivity index (χ2v) is 4.70. The van der Waals surface area contributed by atoms with Crippen LogP contribution in [0.4, 0.5) is 0 Å². The van der Waals surface area contributed by atoms with Crippen molar-refractivity contribution in [1.82, 2.24) is 5.43 Å². The molecular weight excluding hydrogens is 240 g/mol. The van der Waals surface area contributed by atoms with Gasteiger partial charge >= 0.3 is 0 Å². The minimum Gasteiger partial charge on any atom is -0.376 e. The standard InChI is InChI=1S/C15H18N2O2/c16-17-15(14-10-18-8-9-19-14)13-7-3-5-11-4-1-2-6-12(11)13/h1-7,14-15,17H,8-10,16H2. The Morgan fingerprint density at radius 2 is 1.95 bits per heavy atom. The number of nitrogens with two attached hydrogens (primary N) is 1. The van der Waals surface area contributed by atoms with Crippen LogP contribution in [-0.4, -0.2) is 25.9 Å². The van der Waals surface area contributed by atoms with Gasteiger partial charge in [0, 0.05) is 0 Å². The SMILES string of the molecule is NNC(c1cccc2ccccc12)C1COCCO1. The van der Waals surface area contributed by atoms with E-state index in [-0.39, 0.29) is 12.1 Å². The second-order valence-electron chi connectivity index (χ2n) is 4.70. The molecule has 1 aliphatic heterocycles. The topological polar surface area (TPSA) is 56.5 Å². The Morgan fingerprint density at radius 3 is 2.74 bits per heavy atom. The number of hydrogen-bond acceptors (Lipinski definition) is 4. The van der Waals surface area contributed by atoms with E-state index in [0.717, 1.165) is 5.56 Å². The minimum atomic E-state index is -0.0635. The van der Waals surface area contributed by atoms with E-state index in [1.54, 1.807) is 0 Å². The molecule has 0 amide bonds. The molecule has 1 fully saturated rings. The molecule has 0 radical (unpaired) electrons. The number of fused-ring (bicyclic) bond motifs is 1. The fourth-order valence-electron chi connectivity index (χ4n) is 2.62. The summed E-state index contributed by atoms with van der Waals surface area (Å²) in [6.45, 7) is 1.84. The van der Waals surface area contributed by atoms with Crippen molar-refractivity contribution in [3.8, 4) is 0 Å². The van der Waals surface area contributed by atoms with E-state index in [0.29, 0.717) is 19.8 Å². The van der Waals surface area contributed by atoms with Gasteiger partial charge in [-0.25, -0.2) is 0 Å². The number of hydrazine groups is 1. The quantitative estimate of drug-likeness (QED) is 0.650. The van der Waals surface area contributed by atoms with E-state index in [9.17, 15) is 0 Å². The van der Waals surface area contributed by atoms with Gasteiger partial charge in [0.2, 0.25) is 0 Å². The van der Waals surface area contributed by atoms with Crippen molar-refractivity contribution < 1.29 is 9.47 Å². The normalized spacial score (nSPS) is 21.4. The lowest BCUT2D eigenvalue weighted by atomic mass is 9.95. The van der Waals surface area contributed by atoms with E-state index in [4.69, 9.17) is 15.3 Å². The van der Waals surface area contributed by atoms with E-state index in [1.165, 1.54) is 10.8 Å². The van der Waals surface area contributed by atoms with Gasteiger partial charge in [0.15, 0.2) is 0 Å². The fourth-order valence-corrected chi connectivity index (χ4v) is 2.62. The predicted octanol–water partition coefficient (Wildman–Crippen LogP) is 1.76. The van der Waals surface area contributed by atoms with E-state index in [1.807, 2.05) is 18.2 Å². The van der Waals surface area contributed by atoms with Crippen molar-refractivity contribution in [2.75, 3.05) is 19.8 Å². The highest BCUT2D eigenvalue weighted by Gasteiger charge is 2.26. The van der Waals surface area contributed by atoms with Crippen LogP contribution in [0.15, 0.2) is 42.5 Å². The first-order valence-corrected chi connectivity index (χ1v) is 6.53. The average Bonchev–Trinajstić information content (AvgIpc) is 2.49. The molecule has 0 aromatic heterocycles. The zero-order valence-corrected chi connectivity index (χ0v) is 10.7. The van der Waals surface area contributed by atoms with Gasteiger partial charge in [0.05, 0.1) is 25.9 Å². The van der Waals surface area contributed by atoms with Gasteiger partial charge in [-0.05, 0) is 16.3 Å². The molecular formula is C15H18N2O2. The molecule has 0 saturated carbocycles. The Morgan fingerprint density at radius 1 is 1.11 bits per heavy atom. The Labute approximate surface area is 112 Å². The van der Waals surface area contributed by atoms with Crippen LogP contribution in [-0.2, 0) is 9.47 Å². The van der Waals surface area contributed by atoms with Crippen molar-refractivity contribution in [3.05, 3.63) is 48.0 Å². The summed E-state index contributed by atoms with van der Waals surface area (Å²) in [4.78, 5) is 0. The monoisotopic (exact) mass is 258 g/mol. The molecule has 4 heteroatoms. The minimum absolute atomic E-state index is 0.0513. The Hall–Kier alpha value is -1.46. The summed E-state index contributed by atoms with van der Waals surface area (Å²) in [6.07, 6.45) is -0.0513. The van der Waals surface area contributed by atoms with Crippen molar-refractivity contribution in [2.45, 2.75) is 12.1 Å². The van der Waals surface area contributed by atoms with Crippen LogP contribution >= 0.6 is 0 Å². The lowest BCUT2D eigenvalue weighted by Gasteiger charge is -2.30. The van der Waals surface area contributed by atoms with Gasteiger partial charge < -0.3 is 9.47 Å². The van der Waals surface area contributed by atoms with Crippen LogP contribution in [0.3, 0.4) is 0 Å². The van der Waals surface area contributed by atoms with Gasteiger partial charge in [-0.2, -0.15) is 0 Å². The Bertz CT molecular complexity index is 547. The Kier molecular flexibility index (Phi) is 3.75. The molecule has 1 saturated heterocycles. The molecule has 4 nitrogen and oxygen atoms in total. The summed E-state index contributed by atoms with van der Waals surface area (Å²) in [5.41, 5.74) is 4.02. The van der Waals surface area contributed by atoms with Gasteiger partial charge in [-0.3, -0.25) is 11.3 Å². The van der Waals surface area contributed by atoms with Crippen LogP contribution in [0.5, 0.6) is 0 Å². The maximum atomic E-state index is 5.77. The molecule has 2 atom stereocenters. The van der Waals surface area contributed by atoms with Crippen molar-refractivity contribution in [1.29, 1.82) is 0 Å². The first-order chi connectivity index (χ1) is 9.40. The predicted molar refractivity (Wildman–Crippen MR) is 74.6 cm³/mol. The molecule has 2 aromatic carbocycles. The molecule has 3 N–H and O–H groups in total. The van der Waals surface area contributed by atoms with Crippen LogP contribution in [0, 0.1) is 0 Å². The van der Waals surface area contributed by atoms with Crippen molar-refractivity contribution >= 4 is 10.8 Å². The molecule has 0 bridgehead atoms. The van der Waals surface area contributed by atoms with Gasteiger partial charge in [-0.15, -0.1) is 0 Å². The molecule has 0 aliphatic carbocycles. The summed E-state index contributed by atoms with van der Waals surface area (Å²) >= 11 is 0. The largest absolute Gasteiger partial charge is 0.376 e. The number of hydrogen-bond donors (Lipinski definition) is 2. The zero-order valence-electron chi connectivity index (χ0n) is 10.7. The van der Waals surface area contributed by atoms with Gasteiger partial charge in [-0.1, -0.05) is 42.5 Å². The van der Waals surface area contributed by atoms with E-state index >= 15 is 0 Å². The molecule has 100 valence electrons. The van der Waals surface area contributed by atoms with Crippen molar-refractivity contribution in [2.24, 2.45) is 5.84 Å². The third-order valence-electron chi connectivity index (χ3n) is 3.55. The van der Waals surface area contributed by atoms with Crippen LogP contribution in [0.2, 0.25) is 0 Å². The van der Waals surface area contributed by atoms with E-state index < -0.39 is 0 Å². The molecule has 2 aromatic rings. The zero-order chi connectivity index (χ0) is 13.1. The highest BCUT2D eigenvalue weighted by atomic mass is 16.6. The molecule has 19 heavy (non-hydrogen) atoms. The molecule has 1 heterocycles. The first-order valence-electron chi connectivity index (χ1n) is 6.53. The summed E-state index contributed by atoms with van der Waals surface area (Å²) in [5, 5.41) is 2.40. The smallest absolute Gasteiger partial charge is 0.102 e. The average molecular weight is 258 g/mol. The first kappa shape index (κ1) is 12.6. The van der Waals surface area contributed by atoms with E-state index in [2.05, 4.69) is 29.7 Å². The third-order valence-corrected chi connectivity index (χ3v) is 3.55. The van der Waals surface area contributed by atoms with Crippen LogP contribution < -0.4 is 11.3 Å². The number of ether oxygens (including phenoxy) is 2. The van der Waals surface area contributed by atoms with Gasteiger partial charge in [0.1, 0.15) is 6.10 Å². The lowest BCUT2D eigenvalue weighted by molar-refractivity contribution is -0.102. The summed E-state index contributed by atoms with van der Waals surface area (Å²) in [7, 11) is 0. The highest BCUT2D eigenvalue weighted by molar-refractivity contribution is 5.86. The van der Waals surface area contributed by atoms with Gasteiger partial charge in [0.25, 0.3) is 0 Å².